The van der Waals surface area contributed by atoms with Gasteiger partial charge in [-0.25, -0.2) is 4.79 Å². The van der Waals surface area contributed by atoms with Crippen molar-refractivity contribution in [2.24, 2.45) is 12.5 Å². The van der Waals surface area contributed by atoms with E-state index in [0.29, 0.717) is 6.10 Å². The number of ether oxygens (including phenoxy) is 1. The minimum atomic E-state index is -0.0688. The van der Waals surface area contributed by atoms with E-state index >= 15 is 0 Å². The molecule has 140 valence electrons. The largest absolute Gasteiger partial charge is 0.378 e. The summed E-state index contributed by atoms with van der Waals surface area (Å²) in [5.74, 6) is 0. The van der Waals surface area contributed by atoms with Crippen molar-refractivity contribution in [1.82, 2.24) is 20.4 Å². The van der Waals surface area contributed by atoms with Crippen LogP contribution in [0.15, 0.2) is 0 Å². The highest BCUT2D eigenvalue weighted by atomic mass is 16.5. The average Bonchev–Trinajstić information content (AvgIpc) is 2.75. The normalized spacial score (nSPS) is 25.2. The fraction of sp³-hybridized carbons (Fsp3) is 0.789. The Kier molecular flexibility index (Phi) is 5.09. The molecule has 6 heteroatoms. The Morgan fingerprint density at radius 2 is 2.12 bits per heavy atom. The van der Waals surface area contributed by atoms with Crippen LogP contribution in [0.2, 0.25) is 0 Å². The molecule has 3 atom stereocenters. The lowest BCUT2D eigenvalue weighted by Gasteiger charge is -2.60. The number of carbonyl (C=O) groups is 1. The monoisotopic (exact) mass is 348 g/mol. The van der Waals surface area contributed by atoms with Crippen LogP contribution in [0.1, 0.15) is 68.9 Å². The van der Waals surface area contributed by atoms with Crippen molar-refractivity contribution in [2.45, 2.75) is 78.0 Å². The Labute approximate surface area is 150 Å². The van der Waals surface area contributed by atoms with Gasteiger partial charge in [0.2, 0.25) is 0 Å². The number of amides is 2. The number of aromatic nitrogens is 2. The van der Waals surface area contributed by atoms with Crippen molar-refractivity contribution >= 4 is 6.03 Å². The van der Waals surface area contributed by atoms with E-state index in [0.717, 1.165) is 36.4 Å². The first-order chi connectivity index (χ1) is 11.9. The Hall–Kier alpha value is -1.56. The molecule has 6 nitrogen and oxygen atoms in total. The van der Waals surface area contributed by atoms with Gasteiger partial charge in [0.25, 0.3) is 0 Å². The molecule has 2 aliphatic rings. The highest BCUT2D eigenvalue weighted by molar-refractivity contribution is 5.75. The summed E-state index contributed by atoms with van der Waals surface area (Å²) in [5.41, 5.74) is 3.43. The van der Waals surface area contributed by atoms with Gasteiger partial charge in [0.05, 0.1) is 17.8 Å². The van der Waals surface area contributed by atoms with Crippen LogP contribution in [0.4, 0.5) is 4.79 Å². The number of nitrogens with one attached hydrogen (secondary N) is 2. The molecule has 3 rings (SSSR count). The van der Waals surface area contributed by atoms with Crippen molar-refractivity contribution in [1.29, 1.82) is 0 Å². The summed E-state index contributed by atoms with van der Waals surface area (Å²) in [6, 6.07) is 0.168. The van der Waals surface area contributed by atoms with Crippen LogP contribution >= 0.6 is 0 Å². The van der Waals surface area contributed by atoms with E-state index in [-0.39, 0.29) is 23.5 Å². The minimum Gasteiger partial charge on any atom is -0.378 e. The van der Waals surface area contributed by atoms with E-state index in [4.69, 9.17) is 4.74 Å². The summed E-state index contributed by atoms with van der Waals surface area (Å²) in [6.45, 7) is 8.96. The molecule has 0 saturated heterocycles. The molecule has 0 aromatic carbocycles. The van der Waals surface area contributed by atoms with E-state index in [1.807, 2.05) is 25.6 Å². The van der Waals surface area contributed by atoms with E-state index in [9.17, 15) is 4.79 Å². The molecule has 25 heavy (non-hydrogen) atoms. The first-order valence-electron chi connectivity index (χ1n) is 9.61. The maximum Gasteiger partial charge on any atom is 0.315 e. The molecule has 2 N–H and O–H groups in total. The fourth-order valence-electron chi connectivity index (χ4n) is 4.67. The zero-order valence-corrected chi connectivity index (χ0v) is 16.2. The number of hydrogen-bond acceptors (Lipinski definition) is 3. The Morgan fingerprint density at radius 3 is 2.60 bits per heavy atom. The van der Waals surface area contributed by atoms with E-state index < -0.39 is 0 Å². The van der Waals surface area contributed by atoms with Crippen LogP contribution in [0.5, 0.6) is 0 Å². The van der Waals surface area contributed by atoms with Gasteiger partial charge in [0, 0.05) is 36.4 Å². The third-order valence-corrected chi connectivity index (χ3v) is 6.37. The standard InChI is InChI=1S/C19H32N4O2/c1-6-14(17-12(3)22-23(5)13(17)4)20-18(24)21-15-11-16(25-7-2)19(15)9-8-10-19/h14-16H,6-11H2,1-5H3,(H2,20,21,24)/t14-,15-,16-/m1/s1. The molecule has 0 radical (unpaired) electrons. The van der Waals surface area contributed by atoms with Gasteiger partial charge in [-0.3, -0.25) is 4.68 Å². The van der Waals surface area contributed by atoms with Crippen molar-refractivity contribution in [3.05, 3.63) is 17.0 Å². The highest BCUT2D eigenvalue weighted by Crippen LogP contribution is 2.57. The van der Waals surface area contributed by atoms with Crippen LogP contribution in [0.3, 0.4) is 0 Å². The molecule has 1 spiro atoms. The van der Waals surface area contributed by atoms with Crippen LogP contribution in [-0.4, -0.2) is 34.6 Å². The van der Waals surface area contributed by atoms with E-state index in [1.54, 1.807) is 0 Å². The second-order valence-electron chi connectivity index (χ2n) is 7.61. The summed E-state index contributed by atoms with van der Waals surface area (Å²) in [4.78, 5) is 12.6. The third kappa shape index (κ3) is 3.05. The van der Waals surface area contributed by atoms with Gasteiger partial charge in [-0.1, -0.05) is 13.3 Å². The van der Waals surface area contributed by atoms with Crippen LogP contribution in [0.25, 0.3) is 0 Å². The predicted octanol–water partition coefficient (Wildman–Crippen LogP) is 3.13. The molecule has 0 aliphatic heterocycles. The summed E-state index contributed by atoms with van der Waals surface area (Å²) >= 11 is 0. The van der Waals surface area contributed by atoms with E-state index in [1.165, 1.54) is 19.3 Å². The molecular formula is C19H32N4O2. The third-order valence-electron chi connectivity index (χ3n) is 6.37. The summed E-state index contributed by atoms with van der Waals surface area (Å²) in [7, 11) is 1.95. The lowest BCUT2D eigenvalue weighted by Crippen LogP contribution is -2.68. The van der Waals surface area contributed by atoms with Crippen molar-refractivity contribution in [2.75, 3.05) is 6.61 Å². The predicted molar refractivity (Wildman–Crippen MR) is 97.5 cm³/mol. The minimum absolute atomic E-state index is 0.00574. The van der Waals surface area contributed by atoms with Gasteiger partial charge in [-0.15, -0.1) is 0 Å². The molecule has 2 aliphatic carbocycles. The molecule has 1 heterocycles. The summed E-state index contributed by atoms with van der Waals surface area (Å²) < 4.78 is 7.75. The van der Waals surface area contributed by atoms with Crippen LogP contribution in [-0.2, 0) is 11.8 Å². The van der Waals surface area contributed by atoms with Crippen LogP contribution < -0.4 is 10.6 Å². The van der Waals surface area contributed by atoms with Gasteiger partial charge in [0.15, 0.2) is 0 Å². The topological polar surface area (TPSA) is 68.2 Å². The van der Waals surface area contributed by atoms with Gasteiger partial charge in [-0.2, -0.15) is 5.10 Å². The van der Waals surface area contributed by atoms with Gasteiger partial charge in [-0.05, 0) is 46.5 Å². The van der Waals surface area contributed by atoms with Gasteiger partial charge < -0.3 is 15.4 Å². The zero-order valence-electron chi connectivity index (χ0n) is 16.2. The number of urea groups is 1. The molecule has 0 unspecified atom stereocenters. The van der Waals surface area contributed by atoms with Gasteiger partial charge >= 0.3 is 6.03 Å². The molecule has 0 bridgehead atoms. The molecule has 2 fully saturated rings. The lowest BCUT2D eigenvalue weighted by atomic mass is 9.51. The number of carbonyl (C=O) groups excluding carboxylic acids is 1. The lowest BCUT2D eigenvalue weighted by molar-refractivity contribution is -0.169. The average molecular weight is 348 g/mol. The molecular weight excluding hydrogens is 316 g/mol. The van der Waals surface area contributed by atoms with Crippen molar-refractivity contribution in [3.8, 4) is 0 Å². The molecule has 1 aromatic heterocycles. The van der Waals surface area contributed by atoms with Crippen molar-refractivity contribution in [3.63, 3.8) is 0 Å². The second-order valence-corrected chi connectivity index (χ2v) is 7.61. The smallest absolute Gasteiger partial charge is 0.315 e. The first-order valence-corrected chi connectivity index (χ1v) is 9.61. The second kappa shape index (κ2) is 6.98. The quantitative estimate of drug-likeness (QED) is 0.830. The SMILES string of the molecule is CCO[C@@H]1C[C@@H](NC(=O)N[C@H](CC)c2c(C)nn(C)c2C)C12CCC2. The summed E-state index contributed by atoms with van der Waals surface area (Å²) in [6.07, 6.45) is 5.68. The number of rotatable bonds is 6. The number of nitrogens with zero attached hydrogens (tertiary/aromatic N) is 2. The van der Waals surface area contributed by atoms with Crippen LogP contribution in [0, 0.1) is 19.3 Å². The Bertz CT molecular complexity index is 636. The van der Waals surface area contributed by atoms with Crippen molar-refractivity contribution < 1.29 is 9.53 Å². The molecule has 2 amide bonds. The fourth-order valence-corrected chi connectivity index (χ4v) is 4.67. The van der Waals surface area contributed by atoms with E-state index in [2.05, 4.69) is 29.6 Å². The number of hydrogen-bond donors (Lipinski definition) is 2. The summed E-state index contributed by atoms with van der Waals surface area (Å²) in [5, 5.41) is 10.9. The zero-order chi connectivity index (χ0) is 18.2. The number of aryl methyl sites for hydroxylation is 2. The maximum absolute atomic E-state index is 12.6. The molecule has 1 aromatic rings. The maximum atomic E-state index is 12.6. The van der Waals surface area contributed by atoms with Gasteiger partial charge in [0.1, 0.15) is 0 Å². The first kappa shape index (κ1) is 18.2. The highest BCUT2D eigenvalue weighted by Gasteiger charge is 2.59. The Balaban J connectivity index is 1.62. The Morgan fingerprint density at radius 1 is 1.40 bits per heavy atom. The molecule has 2 saturated carbocycles.